The fourth-order valence-electron chi connectivity index (χ4n) is 2.10. The Morgan fingerprint density at radius 1 is 0.926 bits per heavy atom. The highest BCUT2D eigenvalue weighted by molar-refractivity contribution is 9.10. The Morgan fingerprint density at radius 2 is 1.59 bits per heavy atom. The second-order valence-corrected chi connectivity index (χ2v) is 8.25. The Labute approximate surface area is 168 Å². The van der Waals surface area contributed by atoms with Crippen LogP contribution in [0.25, 0.3) is 12.2 Å². The van der Waals surface area contributed by atoms with Crippen molar-refractivity contribution in [3.63, 3.8) is 0 Å². The lowest BCUT2D eigenvalue weighted by molar-refractivity contribution is -0.116. The Hall–Kier alpha value is -2.22. The minimum absolute atomic E-state index is 0.218. The molecule has 2 aromatic rings. The number of rotatable bonds is 9. The maximum atomic E-state index is 11.9. The van der Waals surface area contributed by atoms with Crippen molar-refractivity contribution in [1.29, 1.82) is 0 Å². The maximum absolute atomic E-state index is 11.9. The fourth-order valence-corrected chi connectivity index (χ4v) is 3.23. The van der Waals surface area contributed by atoms with Gasteiger partial charge in [0.1, 0.15) is 0 Å². The predicted molar refractivity (Wildman–Crippen MR) is 113 cm³/mol. The van der Waals surface area contributed by atoms with Gasteiger partial charge >= 0.3 is 0 Å². The molecule has 142 valence electrons. The van der Waals surface area contributed by atoms with Gasteiger partial charge in [-0.3, -0.25) is 4.79 Å². The van der Waals surface area contributed by atoms with Crippen LogP contribution >= 0.6 is 15.9 Å². The van der Waals surface area contributed by atoms with E-state index >= 15 is 0 Å². The lowest BCUT2D eigenvalue weighted by atomic mass is 10.2. The number of hydrogen-bond donors (Lipinski definition) is 2. The van der Waals surface area contributed by atoms with Gasteiger partial charge < -0.3 is 5.32 Å². The topological polar surface area (TPSA) is 75.3 Å². The van der Waals surface area contributed by atoms with Crippen LogP contribution in [0.4, 0.5) is 0 Å². The van der Waals surface area contributed by atoms with E-state index in [1.54, 1.807) is 6.08 Å². The van der Waals surface area contributed by atoms with E-state index in [4.69, 9.17) is 0 Å². The number of halogens is 1. The molecule has 0 aromatic heterocycles. The van der Waals surface area contributed by atoms with Gasteiger partial charge in [-0.15, -0.1) is 0 Å². The van der Waals surface area contributed by atoms with Crippen LogP contribution in [0.15, 0.2) is 70.6 Å². The third-order valence-electron chi connectivity index (χ3n) is 3.49. The van der Waals surface area contributed by atoms with E-state index in [9.17, 15) is 13.2 Å². The van der Waals surface area contributed by atoms with Crippen molar-refractivity contribution in [3.8, 4) is 0 Å². The standard InChI is InChI=1S/C20H21BrN2O3S/c21-19-10-7-18(8-11-19)9-12-20(24)22-14-4-15-23-27(25,26)16-13-17-5-2-1-3-6-17/h1-3,5-13,16,23H,4,14-15H2,(H,22,24). The SMILES string of the molecule is O=C(C=Cc1ccc(Br)cc1)NCCCNS(=O)(=O)C=Cc1ccccc1. The zero-order valence-corrected chi connectivity index (χ0v) is 17.0. The number of carbonyl (C=O) groups excluding carboxylic acids is 1. The molecule has 0 aliphatic carbocycles. The van der Waals surface area contributed by atoms with Gasteiger partial charge in [0.2, 0.25) is 15.9 Å². The second-order valence-electron chi connectivity index (χ2n) is 5.68. The van der Waals surface area contributed by atoms with Crippen LogP contribution in [0.1, 0.15) is 17.5 Å². The summed E-state index contributed by atoms with van der Waals surface area (Å²) in [5.41, 5.74) is 1.74. The molecule has 0 radical (unpaired) electrons. The summed E-state index contributed by atoms with van der Waals surface area (Å²) in [6.45, 7) is 0.632. The molecule has 2 aromatic carbocycles. The molecule has 2 N–H and O–H groups in total. The van der Waals surface area contributed by atoms with Crippen molar-refractivity contribution in [3.05, 3.63) is 81.7 Å². The lowest BCUT2D eigenvalue weighted by Crippen LogP contribution is -2.28. The molecular formula is C20H21BrN2O3S. The Kier molecular flexibility index (Phi) is 8.44. The number of benzene rings is 2. The predicted octanol–water partition coefficient (Wildman–Crippen LogP) is 3.56. The summed E-state index contributed by atoms with van der Waals surface area (Å²) in [5, 5.41) is 3.86. The van der Waals surface area contributed by atoms with E-state index < -0.39 is 10.0 Å². The molecular weight excluding hydrogens is 428 g/mol. The highest BCUT2D eigenvalue weighted by atomic mass is 79.9. The lowest BCUT2D eigenvalue weighted by Gasteiger charge is -2.04. The zero-order valence-electron chi connectivity index (χ0n) is 14.6. The molecule has 5 nitrogen and oxygen atoms in total. The van der Waals surface area contributed by atoms with Crippen molar-refractivity contribution in [1.82, 2.24) is 10.0 Å². The first-order valence-electron chi connectivity index (χ1n) is 8.39. The summed E-state index contributed by atoms with van der Waals surface area (Å²) < 4.78 is 27.2. The summed E-state index contributed by atoms with van der Waals surface area (Å²) >= 11 is 3.35. The fraction of sp³-hybridized carbons (Fsp3) is 0.150. The van der Waals surface area contributed by atoms with Gasteiger partial charge in [-0.2, -0.15) is 0 Å². The molecule has 0 aliphatic heterocycles. The molecule has 0 fully saturated rings. The first-order valence-corrected chi connectivity index (χ1v) is 10.7. The van der Waals surface area contributed by atoms with Crippen molar-refractivity contribution < 1.29 is 13.2 Å². The molecule has 0 saturated carbocycles. The van der Waals surface area contributed by atoms with Gasteiger partial charge in [-0.1, -0.05) is 58.4 Å². The molecule has 0 unspecified atom stereocenters. The second kappa shape index (κ2) is 10.8. The molecule has 2 rings (SSSR count). The molecule has 0 bridgehead atoms. The first-order chi connectivity index (χ1) is 12.9. The van der Waals surface area contributed by atoms with E-state index in [1.807, 2.05) is 54.6 Å². The molecule has 0 aliphatic rings. The number of amides is 1. The smallest absolute Gasteiger partial charge is 0.243 e. The minimum atomic E-state index is -3.49. The zero-order chi connectivity index (χ0) is 19.5. The van der Waals surface area contributed by atoms with E-state index in [0.29, 0.717) is 13.0 Å². The molecule has 0 saturated heterocycles. The molecule has 27 heavy (non-hydrogen) atoms. The average molecular weight is 449 g/mol. The summed E-state index contributed by atoms with van der Waals surface area (Å²) in [6, 6.07) is 16.8. The van der Waals surface area contributed by atoms with E-state index in [2.05, 4.69) is 26.0 Å². The van der Waals surface area contributed by atoms with E-state index in [-0.39, 0.29) is 12.5 Å². The molecule has 0 heterocycles. The number of hydrogen-bond acceptors (Lipinski definition) is 3. The van der Waals surface area contributed by atoms with Gasteiger partial charge in [-0.25, -0.2) is 13.1 Å². The normalized spacial score (nSPS) is 11.9. The van der Waals surface area contributed by atoms with E-state index in [0.717, 1.165) is 21.0 Å². The minimum Gasteiger partial charge on any atom is -0.353 e. The summed E-state index contributed by atoms with van der Waals surface area (Å²) in [4.78, 5) is 11.7. The first kappa shape index (κ1) is 21.1. The van der Waals surface area contributed by atoms with Crippen LogP contribution in [-0.2, 0) is 14.8 Å². The Morgan fingerprint density at radius 3 is 2.30 bits per heavy atom. The van der Waals surface area contributed by atoms with E-state index in [1.165, 1.54) is 12.2 Å². The highest BCUT2D eigenvalue weighted by Gasteiger charge is 2.04. The van der Waals surface area contributed by atoms with Crippen LogP contribution in [-0.4, -0.2) is 27.4 Å². The average Bonchev–Trinajstić information content (AvgIpc) is 2.66. The summed E-state index contributed by atoms with van der Waals surface area (Å²) in [7, 11) is -3.49. The summed E-state index contributed by atoms with van der Waals surface area (Å²) in [6.07, 6.45) is 5.21. The summed E-state index contributed by atoms with van der Waals surface area (Å²) in [5.74, 6) is -0.218. The third-order valence-corrected chi connectivity index (χ3v) is 5.12. The van der Waals surface area contributed by atoms with Gasteiger partial charge in [-0.05, 0) is 41.8 Å². The largest absolute Gasteiger partial charge is 0.353 e. The molecule has 0 atom stereocenters. The Balaban J connectivity index is 1.66. The van der Waals surface area contributed by atoms with Crippen molar-refractivity contribution >= 4 is 44.0 Å². The number of sulfonamides is 1. The van der Waals surface area contributed by atoms with Crippen molar-refractivity contribution in [2.45, 2.75) is 6.42 Å². The highest BCUT2D eigenvalue weighted by Crippen LogP contribution is 2.11. The number of nitrogens with one attached hydrogen (secondary N) is 2. The van der Waals surface area contributed by atoms with Crippen LogP contribution in [0.3, 0.4) is 0 Å². The van der Waals surface area contributed by atoms with Crippen molar-refractivity contribution in [2.24, 2.45) is 0 Å². The quantitative estimate of drug-likeness (QED) is 0.454. The van der Waals surface area contributed by atoms with Crippen LogP contribution < -0.4 is 10.0 Å². The van der Waals surface area contributed by atoms with Crippen LogP contribution in [0.2, 0.25) is 0 Å². The van der Waals surface area contributed by atoms with Gasteiger partial charge in [0, 0.05) is 29.0 Å². The van der Waals surface area contributed by atoms with Gasteiger partial charge in [0.25, 0.3) is 0 Å². The van der Waals surface area contributed by atoms with Crippen molar-refractivity contribution in [2.75, 3.05) is 13.1 Å². The molecule has 1 amide bonds. The van der Waals surface area contributed by atoms with Crippen LogP contribution in [0, 0.1) is 0 Å². The monoisotopic (exact) mass is 448 g/mol. The Bertz CT molecular complexity index is 893. The van der Waals surface area contributed by atoms with Gasteiger partial charge in [0.15, 0.2) is 0 Å². The van der Waals surface area contributed by atoms with Crippen LogP contribution in [0.5, 0.6) is 0 Å². The van der Waals surface area contributed by atoms with Gasteiger partial charge in [0.05, 0.1) is 0 Å². The maximum Gasteiger partial charge on any atom is 0.243 e. The molecule has 7 heteroatoms. The molecule has 0 spiro atoms. The third kappa shape index (κ3) is 8.81. The number of carbonyl (C=O) groups is 1.